The van der Waals surface area contributed by atoms with Crippen molar-refractivity contribution >= 4 is 11.9 Å². The first kappa shape index (κ1) is 20.4. The summed E-state index contributed by atoms with van der Waals surface area (Å²) in [4.78, 5) is 25.1. The molecule has 0 saturated heterocycles. The Kier molecular flexibility index (Phi) is 6.38. The molecule has 4 nitrogen and oxygen atoms in total. The van der Waals surface area contributed by atoms with Crippen LogP contribution in [0.1, 0.15) is 84.9 Å². The molecule has 2 fully saturated rings. The molecular weight excluding hydrogens is 352 g/mol. The zero-order valence-corrected chi connectivity index (χ0v) is 16.6. The fraction of sp³-hybridized carbons (Fsp3) is 0.500. The van der Waals surface area contributed by atoms with E-state index in [1.807, 2.05) is 0 Å². The highest BCUT2D eigenvalue weighted by atomic mass is 16.6. The number of hydrogen-bond donors (Lipinski definition) is 0. The molecule has 1 aromatic carbocycles. The van der Waals surface area contributed by atoms with Gasteiger partial charge in [0, 0.05) is 0 Å². The van der Waals surface area contributed by atoms with Crippen molar-refractivity contribution in [3.05, 3.63) is 60.7 Å². The van der Waals surface area contributed by atoms with Crippen molar-refractivity contribution in [2.45, 2.75) is 75.4 Å². The Hall–Kier alpha value is -2.36. The maximum atomic E-state index is 12.6. The Morgan fingerprint density at radius 2 is 1.00 bits per heavy atom. The molecule has 2 aliphatic carbocycles. The molecule has 3 rings (SSSR count). The first-order valence-corrected chi connectivity index (χ1v) is 10.4. The van der Waals surface area contributed by atoms with E-state index >= 15 is 0 Å². The summed E-state index contributed by atoms with van der Waals surface area (Å²) in [5.74, 6) is -0.756. The minimum absolute atomic E-state index is 0.378. The van der Waals surface area contributed by atoms with Gasteiger partial charge in [0.2, 0.25) is 0 Å². The van der Waals surface area contributed by atoms with E-state index in [1.165, 1.54) is 0 Å². The third-order valence-electron chi connectivity index (χ3n) is 6.09. The summed E-state index contributed by atoms with van der Waals surface area (Å²) in [5.41, 5.74) is -0.270. The Balaban J connectivity index is 1.65. The molecule has 0 aromatic heterocycles. The van der Waals surface area contributed by atoms with Crippen molar-refractivity contribution < 1.29 is 19.1 Å². The predicted molar refractivity (Wildman–Crippen MR) is 109 cm³/mol. The van der Waals surface area contributed by atoms with Gasteiger partial charge in [-0.3, -0.25) is 0 Å². The van der Waals surface area contributed by atoms with Crippen molar-refractivity contribution in [1.82, 2.24) is 0 Å². The van der Waals surface area contributed by atoms with Crippen LogP contribution in [0.4, 0.5) is 0 Å². The van der Waals surface area contributed by atoms with Gasteiger partial charge < -0.3 is 9.47 Å². The van der Waals surface area contributed by atoms with Gasteiger partial charge in [-0.15, -0.1) is 0 Å². The van der Waals surface area contributed by atoms with Crippen molar-refractivity contribution in [1.29, 1.82) is 0 Å². The largest absolute Gasteiger partial charge is 0.451 e. The second-order valence-corrected chi connectivity index (χ2v) is 8.02. The molecule has 0 bridgehead atoms. The second-order valence-electron chi connectivity index (χ2n) is 8.02. The van der Waals surface area contributed by atoms with Gasteiger partial charge in [-0.2, -0.15) is 0 Å². The van der Waals surface area contributed by atoms with Gasteiger partial charge in [-0.25, -0.2) is 9.59 Å². The van der Waals surface area contributed by atoms with Crippen LogP contribution in [-0.4, -0.2) is 23.1 Å². The molecule has 1 aromatic rings. The van der Waals surface area contributed by atoms with Crippen molar-refractivity contribution in [3.63, 3.8) is 0 Å². The Morgan fingerprint density at radius 3 is 1.29 bits per heavy atom. The summed E-state index contributed by atoms with van der Waals surface area (Å²) >= 11 is 0. The zero-order valence-electron chi connectivity index (χ0n) is 16.6. The SMILES string of the molecule is C=CC1(OC(=O)c2ccc(C(=O)OC3(C=C)CCCCC3)cc2)CCCCC1. The third kappa shape index (κ3) is 4.54. The van der Waals surface area contributed by atoms with E-state index < -0.39 is 11.2 Å². The lowest BCUT2D eigenvalue weighted by Crippen LogP contribution is -2.35. The van der Waals surface area contributed by atoms with Crippen LogP contribution >= 0.6 is 0 Å². The highest BCUT2D eigenvalue weighted by Gasteiger charge is 2.34. The minimum atomic E-state index is -0.565. The van der Waals surface area contributed by atoms with Crippen molar-refractivity contribution in [2.24, 2.45) is 0 Å². The van der Waals surface area contributed by atoms with Crippen LogP contribution in [0, 0.1) is 0 Å². The average Bonchev–Trinajstić information content (AvgIpc) is 2.75. The van der Waals surface area contributed by atoms with E-state index in [0.29, 0.717) is 11.1 Å². The van der Waals surface area contributed by atoms with Gasteiger partial charge in [-0.05, 0) is 87.8 Å². The van der Waals surface area contributed by atoms with Gasteiger partial charge in [0.15, 0.2) is 0 Å². The van der Waals surface area contributed by atoms with E-state index in [2.05, 4.69) is 13.2 Å². The Bertz CT molecular complexity index is 656. The fourth-order valence-corrected chi connectivity index (χ4v) is 4.23. The molecule has 0 aliphatic heterocycles. The van der Waals surface area contributed by atoms with Crippen molar-refractivity contribution in [3.8, 4) is 0 Å². The van der Waals surface area contributed by atoms with Gasteiger partial charge in [0.1, 0.15) is 11.2 Å². The number of hydrogen-bond acceptors (Lipinski definition) is 4. The first-order valence-electron chi connectivity index (χ1n) is 10.4. The lowest BCUT2D eigenvalue weighted by molar-refractivity contribution is -0.0126. The fourth-order valence-electron chi connectivity index (χ4n) is 4.23. The zero-order chi connectivity index (χ0) is 20.0. The maximum Gasteiger partial charge on any atom is 0.338 e. The molecule has 0 radical (unpaired) electrons. The Morgan fingerprint density at radius 1 is 0.679 bits per heavy atom. The second kappa shape index (κ2) is 8.76. The number of esters is 2. The van der Waals surface area contributed by atoms with E-state index in [1.54, 1.807) is 36.4 Å². The molecule has 0 amide bonds. The summed E-state index contributed by atoms with van der Waals surface area (Å²) in [6, 6.07) is 6.50. The molecule has 0 N–H and O–H groups in total. The molecule has 0 spiro atoms. The van der Waals surface area contributed by atoms with Crippen LogP contribution in [0.3, 0.4) is 0 Å². The summed E-state index contributed by atoms with van der Waals surface area (Å²) in [6.45, 7) is 7.73. The molecular formula is C24H30O4. The van der Waals surface area contributed by atoms with Crippen LogP contribution in [0.5, 0.6) is 0 Å². The summed E-state index contributed by atoms with van der Waals surface area (Å²) < 4.78 is 11.6. The predicted octanol–water partition coefficient (Wildman–Crippen LogP) is 5.78. The molecule has 0 unspecified atom stereocenters. The lowest BCUT2D eigenvalue weighted by Gasteiger charge is -2.34. The molecule has 0 atom stereocenters. The molecule has 28 heavy (non-hydrogen) atoms. The van der Waals surface area contributed by atoms with Gasteiger partial charge in [-0.1, -0.05) is 26.0 Å². The molecule has 2 saturated carbocycles. The summed E-state index contributed by atoms with van der Waals surface area (Å²) in [5, 5.41) is 0. The maximum absolute atomic E-state index is 12.6. The quantitative estimate of drug-likeness (QED) is 0.462. The standard InChI is InChI=1S/C24H30O4/c1-3-23(15-7-5-8-16-23)27-21(25)19-11-13-20(14-12-19)22(26)28-24(4-2)17-9-6-10-18-24/h3-4,11-14H,1-2,5-10,15-18H2. The van der Waals surface area contributed by atoms with E-state index in [-0.39, 0.29) is 11.9 Å². The molecule has 2 aliphatic rings. The molecule has 0 heterocycles. The normalized spacial score (nSPS) is 20.6. The Labute approximate surface area is 167 Å². The number of benzene rings is 1. The van der Waals surface area contributed by atoms with Crippen LogP contribution in [0.2, 0.25) is 0 Å². The topological polar surface area (TPSA) is 52.6 Å². The number of ether oxygens (including phenoxy) is 2. The van der Waals surface area contributed by atoms with E-state index in [4.69, 9.17) is 9.47 Å². The number of carbonyl (C=O) groups excluding carboxylic acids is 2. The number of carbonyl (C=O) groups is 2. The van der Waals surface area contributed by atoms with Crippen molar-refractivity contribution in [2.75, 3.05) is 0 Å². The smallest absolute Gasteiger partial charge is 0.338 e. The first-order chi connectivity index (χ1) is 13.5. The summed E-state index contributed by atoms with van der Waals surface area (Å²) in [6.07, 6.45) is 13.3. The van der Waals surface area contributed by atoms with Crippen LogP contribution < -0.4 is 0 Å². The van der Waals surface area contributed by atoms with Gasteiger partial charge >= 0.3 is 11.9 Å². The molecule has 4 heteroatoms. The van der Waals surface area contributed by atoms with E-state index in [9.17, 15) is 9.59 Å². The lowest BCUT2D eigenvalue weighted by atomic mass is 9.84. The van der Waals surface area contributed by atoms with Crippen LogP contribution in [0.25, 0.3) is 0 Å². The molecule has 150 valence electrons. The highest BCUT2D eigenvalue weighted by molar-refractivity contribution is 5.93. The third-order valence-corrected chi connectivity index (χ3v) is 6.09. The summed E-state index contributed by atoms with van der Waals surface area (Å²) in [7, 11) is 0. The highest BCUT2D eigenvalue weighted by Crippen LogP contribution is 2.34. The minimum Gasteiger partial charge on any atom is -0.451 e. The number of rotatable bonds is 6. The van der Waals surface area contributed by atoms with Gasteiger partial charge in [0.05, 0.1) is 11.1 Å². The average molecular weight is 383 g/mol. The van der Waals surface area contributed by atoms with Crippen LogP contribution in [0.15, 0.2) is 49.6 Å². The monoisotopic (exact) mass is 382 g/mol. The van der Waals surface area contributed by atoms with Gasteiger partial charge in [0.25, 0.3) is 0 Å². The van der Waals surface area contributed by atoms with E-state index in [0.717, 1.165) is 64.2 Å². The van der Waals surface area contributed by atoms with Crippen LogP contribution in [-0.2, 0) is 9.47 Å².